The van der Waals surface area contributed by atoms with Crippen LogP contribution in [-0.2, 0) is 16.0 Å². The zero-order chi connectivity index (χ0) is 19.9. The number of aliphatic carboxylic acids is 1. The van der Waals surface area contributed by atoms with Gasteiger partial charge < -0.3 is 24.6 Å². The molecular weight excluding hydrogens is 338 g/mol. The van der Waals surface area contributed by atoms with Crippen LogP contribution in [0.2, 0.25) is 0 Å². The molecule has 1 amide bonds. The average Bonchev–Trinajstić information content (AvgIpc) is 2.49. The highest BCUT2D eigenvalue weighted by atomic mass is 16.6. The van der Waals surface area contributed by atoms with Crippen molar-refractivity contribution in [3.05, 3.63) is 29.8 Å². The zero-order valence-corrected chi connectivity index (χ0v) is 16.1. The Bertz CT molecular complexity index is 591. The summed E-state index contributed by atoms with van der Waals surface area (Å²) in [5.41, 5.74) is 0.0601. The molecule has 146 valence electrons. The fourth-order valence-electron chi connectivity index (χ4n) is 2.17. The van der Waals surface area contributed by atoms with Gasteiger partial charge in [0.2, 0.25) is 0 Å². The third-order valence-electron chi connectivity index (χ3n) is 3.38. The molecule has 0 aliphatic rings. The number of hydrogen-bond donors (Lipinski definition) is 2. The Kier molecular flexibility index (Phi) is 7.89. The lowest BCUT2D eigenvalue weighted by molar-refractivity contribution is -0.136. The van der Waals surface area contributed by atoms with Gasteiger partial charge in [-0.1, -0.05) is 12.1 Å². The highest BCUT2D eigenvalue weighted by Crippen LogP contribution is 2.15. The van der Waals surface area contributed by atoms with E-state index in [4.69, 9.17) is 14.6 Å². The van der Waals surface area contributed by atoms with Crippen LogP contribution in [0.3, 0.4) is 0 Å². The highest BCUT2D eigenvalue weighted by Gasteiger charge is 2.26. The van der Waals surface area contributed by atoms with Gasteiger partial charge in [0.1, 0.15) is 24.1 Å². The maximum atomic E-state index is 12.2. The molecule has 0 heterocycles. The number of nitrogens with zero attached hydrogens (tertiary/aromatic N) is 1. The highest BCUT2D eigenvalue weighted by molar-refractivity contribution is 5.70. The van der Waals surface area contributed by atoms with Crippen LogP contribution in [0.15, 0.2) is 24.3 Å². The standard InChI is InChI=1S/C19H29NO6/c1-13(2)20(18(24)26-19(3,4)5)11-15(21)12-25-16-8-6-14(7-9-16)10-17(22)23/h6-9,13,15,21H,10-12H2,1-5H3,(H,22,23). The van der Waals surface area contributed by atoms with Gasteiger partial charge in [0.15, 0.2) is 0 Å². The predicted molar refractivity (Wildman–Crippen MR) is 97.4 cm³/mol. The molecule has 0 fully saturated rings. The van der Waals surface area contributed by atoms with Gasteiger partial charge in [-0.3, -0.25) is 4.79 Å². The number of benzene rings is 1. The molecule has 26 heavy (non-hydrogen) atoms. The Morgan fingerprint density at radius 1 is 1.15 bits per heavy atom. The van der Waals surface area contributed by atoms with Crippen LogP contribution in [0.5, 0.6) is 5.75 Å². The summed E-state index contributed by atoms with van der Waals surface area (Å²) in [7, 11) is 0. The average molecular weight is 367 g/mol. The molecule has 0 saturated carbocycles. The van der Waals surface area contributed by atoms with E-state index in [0.717, 1.165) is 0 Å². The molecule has 0 aliphatic heterocycles. The molecule has 2 N–H and O–H groups in total. The number of rotatable bonds is 8. The van der Waals surface area contributed by atoms with E-state index in [-0.39, 0.29) is 25.6 Å². The number of aliphatic hydroxyl groups is 1. The summed E-state index contributed by atoms with van der Waals surface area (Å²) in [6, 6.07) is 6.50. The fraction of sp³-hybridized carbons (Fsp3) is 0.579. The number of carbonyl (C=O) groups excluding carboxylic acids is 1. The third-order valence-corrected chi connectivity index (χ3v) is 3.38. The van der Waals surface area contributed by atoms with E-state index < -0.39 is 23.8 Å². The van der Waals surface area contributed by atoms with Crippen molar-refractivity contribution in [3.63, 3.8) is 0 Å². The van der Waals surface area contributed by atoms with Crippen molar-refractivity contribution in [1.82, 2.24) is 4.90 Å². The number of carbonyl (C=O) groups is 2. The molecule has 0 radical (unpaired) electrons. The van der Waals surface area contributed by atoms with E-state index >= 15 is 0 Å². The van der Waals surface area contributed by atoms with Crippen LogP contribution in [0, 0.1) is 0 Å². The van der Waals surface area contributed by atoms with Crippen LogP contribution >= 0.6 is 0 Å². The minimum Gasteiger partial charge on any atom is -0.491 e. The lowest BCUT2D eigenvalue weighted by atomic mass is 10.1. The van der Waals surface area contributed by atoms with E-state index in [1.54, 1.807) is 45.0 Å². The van der Waals surface area contributed by atoms with Crippen molar-refractivity contribution in [3.8, 4) is 5.75 Å². The maximum Gasteiger partial charge on any atom is 0.410 e. The lowest BCUT2D eigenvalue weighted by Crippen LogP contribution is -2.46. The van der Waals surface area contributed by atoms with Gasteiger partial charge in [0.25, 0.3) is 0 Å². The number of carboxylic acids is 1. The van der Waals surface area contributed by atoms with Crippen molar-refractivity contribution in [1.29, 1.82) is 0 Å². The minimum atomic E-state index is -0.898. The van der Waals surface area contributed by atoms with Gasteiger partial charge in [-0.25, -0.2) is 4.79 Å². The lowest BCUT2D eigenvalue weighted by Gasteiger charge is -2.31. The molecule has 1 aromatic rings. The molecule has 1 atom stereocenters. The second-order valence-electron chi connectivity index (χ2n) is 7.41. The summed E-state index contributed by atoms with van der Waals surface area (Å²) in [6.07, 6.45) is -1.42. The summed E-state index contributed by atoms with van der Waals surface area (Å²) in [6.45, 7) is 9.15. The number of amides is 1. The number of aliphatic hydroxyl groups excluding tert-OH is 1. The second kappa shape index (κ2) is 9.43. The van der Waals surface area contributed by atoms with Crippen molar-refractivity contribution in [2.24, 2.45) is 0 Å². The second-order valence-corrected chi connectivity index (χ2v) is 7.41. The van der Waals surface area contributed by atoms with E-state index in [9.17, 15) is 14.7 Å². The van der Waals surface area contributed by atoms with Gasteiger partial charge in [-0.15, -0.1) is 0 Å². The van der Waals surface area contributed by atoms with E-state index in [0.29, 0.717) is 11.3 Å². The Labute approximate surface area is 154 Å². The van der Waals surface area contributed by atoms with Crippen LogP contribution in [0.1, 0.15) is 40.2 Å². The molecule has 0 aromatic heterocycles. The fourth-order valence-corrected chi connectivity index (χ4v) is 2.17. The Balaban J connectivity index is 2.56. The van der Waals surface area contributed by atoms with Crippen LogP contribution in [0.4, 0.5) is 4.79 Å². The zero-order valence-electron chi connectivity index (χ0n) is 16.1. The summed E-state index contributed by atoms with van der Waals surface area (Å²) >= 11 is 0. The quantitative estimate of drug-likeness (QED) is 0.733. The monoisotopic (exact) mass is 367 g/mol. The Hall–Kier alpha value is -2.28. The predicted octanol–water partition coefficient (Wildman–Crippen LogP) is 2.70. The molecule has 0 aliphatic carbocycles. The number of hydrogen-bond acceptors (Lipinski definition) is 5. The Morgan fingerprint density at radius 3 is 2.19 bits per heavy atom. The number of carboxylic acid groups (broad SMARTS) is 1. The van der Waals surface area contributed by atoms with E-state index in [2.05, 4.69) is 0 Å². The molecule has 0 spiro atoms. The van der Waals surface area contributed by atoms with Gasteiger partial charge >= 0.3 is 12.1 Å². The van der Waals surface area contributed by atoms with Crippen molar-refractivity contribution < 1.29 is 29.3 Å². The summed E-state index contributed by atoms with van der Waals surface area (Å²) < 4.78 is 10.9. The first-order valence-electron chi connectivity index (χ1n) is 8.59. The van der Waals surface area contributed by atoms with E-state index in [1.165, 1.54) is 4.90 Å². The van der Waals surface area contributed by atoms with E-state index in [1.807, 2.05) is 13.8 Å². The van der Waals surface area contributed by atoms with Crippen LogP contribution in [-0.4, -0.2) is 58.1 Å². The normalized spacial score (nSPS) is 12.6. The van der Waals surface area contributed by atoms with Gasteiger partial charge in [-0.05, 0) is 52.3 Å². The molecule has 1 rings (SSSR count). The summed E-state index contributed by atoms with van der Waals surface area (Å²) in [5, 5.41) is 18.9. The van der Waals surface area contributed by atoms with Gasteiger partial charge in [0.05, 0.1) is 13.0 Å². The van der Waals surface area contributed by atoms with Crippen LogP contribution in [0.25, 0.3) is 0 Å². The summed E-state index contributed by atoms with van der Waals surface area (Å²) in [4.78, 5) is 24.4. The Morgan fingerprint density at radius 2 is 1.73 bits per heavy atom. The number of ether oxygens (including phenoxy) is 2. The molecule has 7 heteroatoms. The van der Waals surface area contributed by atoms with Crippen LogP contribution < -0.4 is 4.74 Å². The van der Waals surface area contributed by atoms with Gasteiger partial charge in [-0.2, -0.15) is 0 Å². The molecule has 1 unspecified atom stereocenters. The first-order chi connectivity index (χ1) is 12.0. The molecule has 1 aromatic carbocycles. The molecule has 0 bridgehead atoms. The first-order valence-corrected chi connectivity index (χ1v) is 8.59. The largest absolute Gasteiger partial charge is 0.491 e. The summed E-state index contributed by atoms with van der Waals surface area (Å²) in [5.74, 6) is -0.378. The third kappa shape index (κ3) is 8.20. The SMILES string of the molecule is CC(C)N(CC(O)COc1ccc(CC(=O)O)cc1)C(=O)OC(C)(C)C. The van der Waals surface area contributed by atoms with Gasteiger partial charge in [0, 0.05) is 6.04 Å². The smallest absolute Gasteiger partial charge is 0.410 e. The molecular formula is C19H29NO6. The maximum absolute atomic E-state index is 12.2. The topological polar surface area (TPSA) is 96.3 Å². The first kappa shape index (κ1) is 21.8. The van der Waals surface area contributed by atoms with Crippen molar-refractivity contribution >= 4 is 12.1 Å². The molecule has 7 nitrogen and oxygen atoms in total. The molecule has 0 saturated heterocycles. The minimum absolute atomic E-state index is 0.00426. The van der Waals surface area contributed by atoms with Crippen molar-refractivity contribution in [2.75, 3.05) is 13.2 Å². The van der Waals surface area contributed by atoms with Crippen molar-refractivity contribution in [2.45, 2.75) is 58.8 Å².